The number of hydrogen-bond acceptors (Lipinski definition) is 4. The summed E-state index contributed by atoms with van der Waals surface area (Å²) in [5.41, 5.74) is 12.9. The Bertz CT molecular complexity index is 2560. The minimum Gasteiger partial charge on any atom is -0.327 e. The van der Waals surface area contributed by atoms with Gasteiger partial charge in [-0.1, -0.05) is 48.5 Å². The van der Waals surface area contributed by atoms with Gasteiger partial charge in [0.2, 0.25) is 0 Å². The molecular formula is C41H28N6. The molecule has 0 atom stereocenters. The molecule has 5 aromatic heterocycles. The van der Waals surface area contributed by atoms with Crippen LogP contribution in [0.5, 0.6) is 0 Å². The van der Waals surface area contributed by atoms with E-state index in [2.05, 4.69) is 129 Å². The second-order valence-electron chi connectivity index (χ2n) is 11.7. The average Bonchev–Trinajstić information content (AvgIpc) is 3.66. The van der Waals surface area contributed by atoms with Crippen LogP contribution in [0.25, 0.3) is 83.4 Å². The van der Waals surface area contributed by atoms with Crippen LogP contribution < -0.4 is 0 Å². The smallest absolute Gasteiger partial charge is 0.140 e. The Balaban J connectivity index is 1.23. The molecule has 0 aliphatic heterocycles. The average molecular weight is 605 g/mol. The molecule has 0 fully saturated rings. The van der Waals surface area contributed by atoms with Crippen molar-refractivity contribution in [3.05, 3.63) is 152 Å². The summed E-state index contributed by atoms with van der Waals surface area (Å²) in [6, 6.07) is 42.7. The Labute approximate surface area is 271 Å². The lowest BCUT2D eigenvalue weighted by Gasteiger charge is -2.11. The van der Waals surface area contributed by atoms with Gasteiger partial charge in [0.05, 0.1) is 27.8 Å². The third-order valence-corrected chi connectivity index (χ3v) is 9.00. The van der Waals surface area contributed by atoms with Gasteiger partial charge >= 0.3 is 0 Å². The molecule has 4 aromatic carbocycles. The van der Waals surface area contributed by atoms with Crippen LogP contribution in [0.3, 0.4) is 0 Å². The van der Waals surface area contributed by atoms with E-state index in [9.17, 15) is 0 Å². The first-order chi connectivity index (χ1) is 23.2. The van der Waals surface area contributed by atoms with E-state index >= 15 is 0 Å². The number of benzene rings is 4. The van der Waals surface area contributed by atoms with E-state index in [4.69, 9.17) is 9.97 Å². The van der Waals surface area contributed by atoms with Crippen molar-refractivity contribution < 1.29 is 0 Å². The van der Waals surface area contributed by atoms with E-state index in [0.717, 1.165) is 72.7 Å². The number of para-hydroxylation sites is 2. The third kappa shape index (κ3) is 4.58. The van der Waals surface area contributed by atoms with E-state index in [1.807, 2.05) is 36.8 Å². The molecule has 0 amide bonds. The quantitative estimate of drug-likeness (QED) is 0.196. The number of hydrogen-bond donors (Lipinski definition) is 0. The molecule has 0 N–H and O–H groups in total. The number of imidazole rings is 1. The highest BCUT2D eigenvalue weighted by molar-refractivity contribution is 6.11. The van der Waals surface area contributed by atoms with Crippen LogP contribution in [0.1, 0.15) is 0 Å². The van der Waals surface area contributed by atoms with Gasteiger partial charge in [-0.15, -0.1) is 0 Å². The topological polar surface area (TPSA) is 61.4 Å². The van der Waals surface area contributed by atoms with Gasteiger partial charge in [-0.2, -0.15) is 0 Å². The zero-order valence-electron chi connectivity index (χ0n) is 25.6. The summed E-state index contributed by atoms with van der Waals surface area (Å²) in [6.07, 6.45) is 9.23. The Morgan fingerprint density at radius 1 is 0.489 bits per heavy atom. The third-order valence-electron chi connectivity index (χ3n) is 9.00. The van der Waals surface area contributed by atoms with E-state index in [-0.39, 0.29) is 0 Å². The molecule has 0 aliphatic rings. The van der Waals surface area contributed by atoms with Crippen LogP contribution in [0.15, 0.2) is 152 Å². The molecule has 6 heteroatoms. The second-order valence-corrected chi connectivity index (χ2v) is 11.7. The number of rotatable bonds is 5. The Hall–Kier alpha value is -6.40. The molecule has 47 heavy (non-hydrogen) atoms. The first kappa shape index (κ1) is 27.0. The molecule has 0 aliphatic carbocycles. The van der Waals surface area contributed by atoms with Gasteiger partial charge in [0, 0.05) is 71.2 Å². The zero-order chi connectivity index (χ0) is 31.3. The van der Waals surface area contributed by atoms with Gasteiger partial charge in [-0.05, 0) is 89.5 Å². The summed E-state index contributed by atoms with van der Waals surface area (Å²) in [4.78, 5) is 18.2. The fraction of sp³-hybridized carbons (Fsp3) is 0.0244. The first-order valence-corrected chi connectivity index (χ1v) is 15.6. The summed E-state index contributed by atoms with van der Waals surface area (Å²) >= 11 is 0. The number of nitrogens with zero attached hydrogens (tertiary/aromatic N) is 6. The van der Waals surface area contributed by atoms with Gasteiger partial charge in [0.15, 0.2) is 0 Å². The first-order valence-electron chi connectivity index (χ1n) is 15.6. The minimum absolute atomic E-state index is 0.922. The van der Waals surface area contributed by atoms with Crippen molar-refractivity contribution in [1.29, 1.82) is 0 Å². The molecule has 222 valence electrons. The molecule has 5 heterocycles. The lowest BCUT2D eigenvalue weighted by Crippen LogP contribution is -1.96. The summed E-state index contributed by atoms with van der Waals surface area (Å²) in [7, 11) is 2.09. The largest absolute Gasteiger partial charge is 0.327 e. The minimum atomic E-state index is 0.922. The van der Waals surface area contributed by atoms with Crippen molar-refractivity contribution in [2.45, 2.75) is 0 Å². The standard InChI is InChI=1S/C41H28N6/c1-46-39-8-3-2-7-37(39)45-41(46)31-9-12-34-35-24-29(27-15-19-42-20-16-27)11-14-38(35)47(40(34)25-31)33-6-4-5-30(23-33)36-13-10-32(26-44-36)28-17-21-43-22-18-28/h2-26H,1H3. The van der Waals surface area contributed by atoms with Gasteiger partial charge in [0.25, 0.3) is 0 Å². The lowest BCUT2D eigenvalue weighted by molar-refractivity contribution is 0.959. The van der Waals surface area contributed by atoms with E-state index in [1.54, 1.807) is 12.4 Å². The maximum atomic E-state index is 5.02. The van der Waals surface area contributed by atoms with Crippen molar-refractivity contribution in [3.63, 3.8) is 0 Å². The SMILES string of the molecule is Cn1c(-c2ccc3c4cc(-c5ccncc5)ccc4n(-c4cccc(-c5ccc(-c6ccncc6)cn5)c4)c3c2)nc2ccccc21. The number of fused-ring (bicyclic) bond motifs is 4. The lowest BCUT2D eigenvalue weighted by atomic mass is 10.0. The molecule has 0 bridgehead atoms. The van der Waals surface area contributed by atoms with E-state index in [1.165, 1.54) is 10.8 Å². The maximum absolute atomic E-state index is 5.02. The van der Waals surface area contributed by atoms with E-state index < -0.39 is 0 Å². The van der Waals surface area contributed by atoms with Gasteiger partial charge < -0.3 is 9.13 Å². The normalized spacial score (nSPS) is 11.5. The molecule has 0 radical (unpaired) electrons. The van der Waals surface area contributed by atoms with Crippen LogP contribution in [-0.2, 0) is 7.05 Å². The van der Waals surface area contributed by atoms with Crippen molar-refractivity contribution in [1.82, 2.24) is 29.1 Å². The van der Waals surface area contributed by atoms with Crippen LogP contribution in [0.4, 0.5) is 0 Å². The van der Waals surface area contributed by atoms with Crippen LogP contribution in [-0.4, -0.2) is 29.1 Å². The maximum Gasteiger partial charge on any atom is 0.140 e. The molecule has 9 aromatic rings. The van der Waals surface area contributed by atoms with Crippen molar-refractivity contribution in [3.8, 4) is 50.6 Å². The highest BCUT2D eigenvalue weighted by atomic mass is 15.1. The summed E-state index contributed by atoms with van der Waals surface area (Å²) in [6.45, 7) is 0. The highest BCUT2D eigenvalue weighted by Crippen LogP contribution is 2.38. The van der Waals surface area contributed by atoms with Gasteiger partial charge in [-0.3, -0.25) is 15.0 Å². The molecule has 0 saturated heterocycles. The summed E-state index contributed by atoms with van der Waals surface area (Å²) in [5, 5.41) is 2.37. The molecule has 9 rings (SSSR count). The Morgan fingerprint density at radius 2 is 1.23 bits per heavy atom. The fourth-order valence-electron chi connectivity index (χ4n) is 6.65. The highest BCUT2D eigenvalue weighted by Gasteiger charge is 2.17. The molecule has 0 saturated carbocycles. The van der Waals surface area contributed by atoms with Crippen molar-refractivity contribution in [2.75, 3.05) is 0 Å². The molecule has 0 unspecified atom stereocenters. The van der Waals surface area contributed by atoms with E-state index in [0.29, 0.717) is 0 Å². The molecule has 6 nitrogen and oxygen atoms in total. The number of aryl methyl sites for hydroxylation is 1. The second kappa shape index (κ2) is 10.9. The van der Waals surface area contributed by atoms with Crippen molar-refractivity contribution >= 4 is 32.8 Å². The van der Waals surface area contributed by atoms with Crippen LogP contribution in [0.2, 0.25) is 0 Å². The van der Waals surface area contributed by atoms with Gasteiger partial charge in [0.1, 0.15) is 5.82 Å². The number of aromatic nitrogens is 6. The van der Waals surface area contributed by atoms with Crippen LogP contribution >= 0.6 is 0 Å². The predicted molar refractivity (Wildman–Crippen MR) is 190 cm³/mol. The fourth-order valence-corrected chi connectivity index (χ4v) is 6.65. The number of pyridine rings is 3. The summed E-state index contributed by atoms with van der Waals surface area (Å²) in [5.74, 6) is 0.939. The van der Waals surface area contributed by atoms with Crippen LogP contribution in [0, 0.1) is 0 Å². The molecular weight excluding hydrogens is 576 g/mol. The predicted octanol–water partition coefficient (Wildman–Crippen LogP) is 9.52. The summed E-state index contributed by atoms with van der Waals surface area (Å²) < 4.78 is 4.54. The van der Waals surface area contributed by atoms with Gasteiger partial charge in [-0.25, -0.2) is 4.98 Å². The Kier molecular flexibility index (Phi) is 6.25. The Morgan fingerprint density at radius 3 is 2.00 bits per heavy atom. The molecule has 0 spiro atoms. The van der Waals surface area contributed by atoms with Crippen molar-refractivity contribution in [2.24, 2.45) is 7.05 Å². The monoisotopic (exact) mass is 604 g/mol. The zero-order valence-corrected chi connectivity index (χ0v) is 25.6.